The summed E-state index contributed by atoms with van der Waals surface area (Å²) in [6, 6.07) is 0.620. The lowest BCUT2D eigenvalue weighted by Crippen LogP contribution is -2.50. The van der Waals surface area contributed by atoms with E-state index in [2.05, 4.69) is 17.6 Å². The molecule has 2 aliphatic rings. The quantitative estimate of drug-likeness (QED) is 0.739. The van der Waals surface area contributed by atoms with Gasteiger partial charge in [0.05, 0.1) is 6.54 Å². The molecule has 0 aromatic carbocycles. The molecule has 0 aromatic rings. The smallest absolute Gasteiger partial charge is 0.234 e. The Bertz CT molecular complexity index is 230. The van der Waals surface area contributed by atoms with Gasteiger partial charge in [0.25, 0.3) is 0 Å². The summed E-state index contributed by atoms with van der Waals surface area (Å²) in [5.74, 6) is 0.172. The van der Waals surface area contributed by atoms with Crippen LogP contribution in [-0.2, 0) is 4.79 Å². The molecule has 0 heterocycles. The van der Waals surface area contributed by atoms with Crippen LogP contribution in [0.5, 0.6) is 0 Å². The minimum absolute atomic E-state index is 0.0700. The summed E-state index contributed by atoms with van der Waals surface area (Å²) in [7, 11) is 0. The third-order valence-electron chi connectivity index (χ3n) is 3.53. The maximum absolute atomic E-state index is 11.7. The number of carbonyl (C=O) groups excluding carboxylic acids is 1. The number of amides is 1. The van der Waals surface area contributed by atoms with Crippen molar-refractivity contribution in [1.29, 1.82) is 0 Å². The van der Waals surface area contributed by atoms with Crippen LogP contribution in [0.2, 0.25) is 0 Å². The molecule has 1 amide bonds. The third-order valence-corrected chi connectivity index (χ3v) is 3.53. The molecule has 86 valence electrons. The van der Waals surface area contributed by atoms with Crippen LogP contribution in [0.3, 0.4) is 0 Å². The van der Waals surface area contributed by atoms with Gasteiger partial charge in [-0.2, -0.15) is 0 Å². The Balaban J connectivity index is 1.70. The van der Waals surface area contributed by atoms with E-state index < -0.39 is 0 Å². The first-order valence-electron chi connectivity index (χ1n) is 6.22. The van der Waals surface area contributed by atoms with Crippen LogP contribution in [0.15, 0.2) is 0 Å². The molecule has 0 aliphatic heterocycles. The molecule has 2 aliphatic carbocycles. The van der Waals surface area contributed by atoms with E-state index in [1.807, 2.05) is 0 Å². The summed E-state index contributed by atoms with van der Waals surface area (Å²) < 4.78 is 0. The number of rotatable bonds is 4. The fourth-order valence-corrected chi connectivity index (χ4v) is 2.36. The van der Waals surface area contributed by atoms with Gasteiger partial charge in [-0.05, 0) is 32.6 Å². The van der Waals surface area contributed by atoms with Crippen molar-refractivity contribution < 1.29 is 4.79 Å². The predicted octanol–water partition coefficient (Wildman–Crippen LogP) is 1.58. The molecule has 0 bridgehead atoms. The molecule has 0 unspecified atom stereocenters. The first-order chi connectivity index (χ1) is 7.18. The van der Waals surface area contributed by atoms with Crippen LogP contribution in [0, 0.1) is 0 Å². The van der Waals surface area contributed by atoms with Gasteiger partial charge in [-0.3, -0.25) is 4.79 Å². The average molecular weight is 210 g/mol. The van der Waals surface area contributed by atoms with Gasteiger partial charge in [0.1, 0.15) is 0 Å². The first kappa shape index (κ1) is 10.9. The highest BCUT2D eigenvalue weighted by Crippen LogP contribution is 2.27. The van der Waals surface area contributed by atoms with Crippen molar-refractivity contribution in [1.82, 2.24) is 10.6 Å². The zero-order valence-corrected chi connectivity index (χ0v) is 9.64. The molecule has 2 fully saturated rings. The largest absolute Gasteiger partial charge is 0.350 e. The number of nitrogens with one attached hydrogen (secondary N) is 2. The summed E-state index contributed by atoms with van der Waals surface area (Å²) in [6.45, 7) is 2.68. The number of hydrogen-bond acceptors (Lipinski definition) is 2. The van der Waals surface area contributed by atoms with Crippen LogP contribution in [-0.4, -0.2) is 24.0 Å². The lowest BCUT2D eigenvalue weighted by atomic mass is 9.83. The standard InChI is InChI=1S/C12H22N2O/c1-12(7-3-2-4-8-12)14-11(15)9-13-10-5-6-10/h10,13H,2-9H2,1H3,(H,14,15). The highest BCUT2D eigenvalue weighted by Gasteiger charge is 2.28. The molecule has 15 heavy (non-hydrogen) atoms. The van der Waals surface area contributed by atoms with E-state index in [1.165, 1.54) is 32.1 Å². The lowest BCUT2D eigenvalue weighted by Gasteiger charge is -2.34. The van der Waals surface area contributed by atoms with Gasteiger partial charge in [0, 0.05) is 11.6 Å². The normalized spacial score (nSPS) is 24.9. The molecule has 0 spiro atoms. The summed E-state index contributed by atoms with van der Waals surface area (Å²) >= 11 is 0. The van der Waals surface area contributed by atoms with E-state index >= 15 is 0 Å². The van der Waals surface area contributed by atoms with E-state index in [0.717, 1.165) is 12.8 Å². The minimum Gasteiger partial charge on any atom is -0.350 e. The molecule has 0 atom stereocenters. The van der Waals surface area contributed by atoms with Crippen molar-refractivity contribution in [2.75, 3.05) is 6.54 Å². The van der Waals surface area contributed by atoms with Crippen molar-refractivity contribution in [2.24, 2.45) is 0 Å². The van der Waals surface area contributed by atoms with Gasteiger partial charge in [0.15, 0.2) is 0 Å². The molecular weight excluding hydrogens is 188 g/mol. The van der Waals surface area contributed by atoms with Gasteiger partial charge < -0.3 is 10.6 Å². The van der Waals surface area contributed by atoms with Gasteiger partial charge in [-0.25, -0.2) is 0 Å². The second-order valence-electron chi connectivity index (χ2n) is 5.32. The highest BCUT2D eigenvalue weighted by molar-refractivity contribution is 5.78. The zero-order valence-electron chi connectivity index (χ0n) is 9.64. The molecule has 0 radical (unpaired) electrons. The summed E-state index contributed by atoms with van der Waals surface area (Å²) in [4.78, 5) is 11.7. The van der Waals surface area contributed by atoms with E-state index in [-0.39, 0.29) is 11.4 Å². The zero-order chi connectivity index (χ0) is 10.7. The molecule has 3 heteroatoms. The Kier molecular flexibility index (Phi) is 3.29. The number of hydrogen-bond donors (Lipinski definition) is 2. The Morgan fingerprint density at radius 3 is 2.53 bits per heavy atom. The Labute approximate surface area is 92.0 Å². The van der Waals surface area contributed by atoms with Gasteiger partial charge in [0.2, 0.25) is 5.91 Å². The van der Waals surface area contributed by atoms with Gasteiger partial charge >= 0.3 is 0 Å². The van der Waals surface area contributed by atoms with Crippen molar-refractivity contribution in [3.63, 3.8) is 0 Å². The minimum atomic E-state index is 0.0700. The molecule has 2 rings (SSSR count). The third kappa shape index (κ3) is 3.49. The lowest BCUT2D eigenvalue weighted by molar-refractivity contribution is -0.122. The Morgan fingerprint density at radius 2 is 1.93 bits per heavy atom. The van der Waals surface area contributed by atoms with E-state index in [4.69, 9.17) is 0 Å². The van der Waals surface area contributed by atoms with Gasteiger partial charge in [-0.1, -0.05) is 19.3 Å². The van der Waals surface area contributed by atoms with Crippen molar-refractivity contribution in [3.05, 3.63) is 0 Å². The maximum atomic E-state index is 11.7. The summed E-state index contributed by atoms with van der Waals surface area (Å²) in [5, 5.41) is 6.43. The molecule has 0 saturated heterocycles. The van der Waals surface area contributed by atoms with Crippen molar-refractivity contribution in [2.45, 2.75) is 63.5 Å². The van der Waals surface area contributed by atoms with Crippen LogP contribution >= 0.6 is 0 Å². The van der Waals surface area contributed by atoms with Gasteiger partial charge in [-0.15, -0.1) is 0 Å². The second kappa shape index (κ2) is 4.52. The van der Waals surface area contributed by atoms with E-state index in [1.54, 1.807) is 0 Å². The van der Waals surface area contributed by atoms with E-state index in [9.17, 15) is 4.79 Å². The van der Waals surface area contributed by atoms with Crippen LogP contribution in [0.1, 0.15) is 51.9 Å². The first-order valence-corrected chi connectivity index (χ1v) is 6.22. The molecule has 3 nitrogen and oxygen atoms in total. The SMILES string of the molecule is CC1(NC(=O)CNC2CC2)CCCCC1. The molecule has 2 saturated carbocycles. The second-order valence-corrected chi connectivity index (χ2v) is 5.32. The van der Waals surface area contributed by atoms with Crippen LogP contribution in [0.4, 0.5) is 0 Å². The average Bonchev–Trinajstić information content (AvgIpc) is 2.98. The molecule has 2 N–H and O–H groups in total. The maximum Gasteiger partial charge on any atom is 0.234 e. The molecular formula is C12H22N2O. The Hall–Kier alpha value is -0.570. The number of carbonyl (C=O) groups is 1. The monoisotopic (exact) mass is 210 g/mol. The van der Waals surface area contributed by atoms with Crippen LogP contribution < -0.4 is 10.6 Å². The topological polar surface area (TPSA) is 41.1 Å². The fraction of sp³-hybridized carbons (Fsp3) is 0.917. The summed E-state index contributed by atoms with van der Waals surface area (Å²) in [5.41, 5.74) is 0.0700. The van der Waals surface area contributed by atoms with Crippen molar-refractivity contribution in [3.8, 4) is 0 Å². The summed E-state index contributed by atoms with van der Waals surface area (Å²) in [6.07, 6.45) is 8.60. The van der Waals surface area contributed by atoms with Crippen molar-refractivity contribution >= 4 is 5.91 Å². The fourth-order valence-electron chi connectivity index (χ4n) is 2.36. The van der Waals surface area contributed by atoms with Crippen LogP contribution in [0.25, 0.3) is 0 Å². The highest BCUT2D eigenvalue weighted by atomic mass is 16.2. The molecule has 0 aromatic heterocycles. The predicted molar refractivity (Wildman–Crippen MR) is 60.7 cm³/mol. The van der Waals surface area contributed by atoms with E-state index in [0.29, 0.717) is 12.6 Å². The Morgan fingerprint density at radius 1 is 1.27 bits per heavy atom.